The summed E-state index contributed by atoms with van der Waals surface area (Å²) in [4.78, 5) is 5.10. The van der Waals surface area contributed by atoms with Gasteiger partial charge in [-0.05, 0) is 30.5 Å². The van der Waals surface area contributed by atoms with Gasteiger partial charge in [0.15, 0.2) is 0 Å². The predicted octanol–water partition coefficient (Wildman–Crippen LogP) is 3.27. The van der Waals surface area contributed by atoms with Gasteiger partial charge in [-0.15, -0.1) is 0 Å². The molecular formula is C19H25ClN4. The normalized spacial score (nSPS) is 19.8. The lowest BCUT2D eigenvalue weighted by Gasteiger charge is -2.34. The molecular weight excluding hydrogens is 320 g/mol. The van der Waals surface area contributed by atoms with Crippen LogP contribution in [0.15, 0.2) is 30.5 Å². The molecule has 4 nitrogen and oxygen atoms in total. The summed E-state index contributed by atoms with van der Waals surface area (Å²) in [5, 5.41) is 5.30. The van der Waals surface area contributed by atoms with E-state index < -0.39 is 0 Å². The molecule has 0 radical (unpaired) electrons. The fourth-order valence-electron chi connectivity index (χ4n) is 3.69. The minimum atomic E-state index is 0.763. The molecule has 2 aliphatic rings. The second kappa shape index (κ2) is 6.87. The topological polar surface area (TPSA) is 24.3 Å². The van der Waals surface area contributed by atoms with Crippen molar-refractivity contribution in [2.24, 2.45) is 7.05 Å². The van der Waals surface area contributed by atoms with Crippen molar-refractivity contribution in [2.45, 2.75) is 31.8 Å². The smallest absolute Gasteiger partial charge is 0.0537 e. The van der Waals surface area contributed by atoms with Crippen molar-refractivity contribution < 1.29 is 0 Å². The highest BCUT2D eigenvalue weighted by Gasteiger charge is 2.30. The molecule has 5 heteroatoms. The van der Waals surface area contributed by atoms with Gasteiger partial charge >= 0.3 is 0 Å². The summed E-state index contributed by atoms with van der Waals surface area (Å²) in [7, 11) is 2.08. The van der Waals surface area contributed by atoms with Gasteiger partial charge in [-0.25, -0.2) is 0 Å². The van der Waals surface area contributed by atoms with Crippen LogP contribution in [0.25, 0.3) is 0 Å². The molecule has 2 fully saturated rings. The molecule has 0 bridgehead atoms. The number of aryl methyl sites for hydroxylation is 1. The van der Waals surface area contributed by atoms with E-state index in [-0.39, 0.29) is 0 Å². The van der Waals surface area contributed by atoms with Crippen molar-refractivity contribution in [1.29, 1.82) is 0 Å². The highest BCUT2D eigenvalue weighted by atomic mass is 35.5. The Labute approximate surface area is 149 Å². The van der Waals surface area contributed by atoms with Crippen molar-refractivity contribution in [1.82, 2.24) is 19.6 Å². The fourth-order valence-corrected chi connectivity index (χ4v) is 3.82. The molecule has 1 aliphatic heterocycles. The Bertz CT molecular complexity index is 682. The summed E-state index contributed by atoms with van der Waals surface area (Å²) in [6, 6.07) is 8.22. The third kappa shape index (κ3) is 3.66. The van der Waals surface area contributed by atoms with Crippen LogP contribution in [-0.2, 0) is 20.1 Å². The molecule has 0 unspecified atom stereocenters. The number of hydrogen-bond acceptors (Lipinski definition) is 3. The Morgan fingerprint density at radius 1 is 1.00 bits per heavy atom. The van der Waals surface area contributed by atoms with Crippen molar-refractivity contribution in [3.8, 4) is 0 Å². The standard InChI is InChI=1S/C19H25ClN4/c1-22-19(16-4-5-16)17(12-21-22)14-24-10-8-23(9-11-24)13-15-2-6-18(20)7-3-15/h2-3,6-7,12,16H,4-5,8-11,13-14H2,1H3. The second-order valence-corrected chi connectivity index (χ2v) is 7.57. The van der Waals surface area contributed by atoms with Crippen LogP contribution in [0.4, 0.5) is 0 Å². The van der Waals surface area contributed by atoms with Gasteiger partial charge in [0, 0.05) is 68.5 Å². The molecule has 1 aromatic heterocycles. The molecule has 4 rings (SSSR count). The third-order valence-corrected chi connectivity index (χ3v) is 5.46. The summed E-state index contributed by atoms with van der Waals surface area (Å²) in [5.41, 5.74) is 4.25. The predicted molar refractivity (Wildman–Crippen MR) is 97.2 cm³/mol. The molecule has 1 aromatic carbocycles. The molecule has 24 heavy (non-hydrogen) atoms. The first-order valence-electron chi connectivity index (χ1n) is 8.89. The maximum atomic E-state index is 5.96. The Morgan fingerprint density at radius 2 is 1.62 bits per heavy atom. The van der Waals surface area contributed by atoms with Crippen LogP contribution >= 0.6 is 11.6 Å². The number of halogens is 1. The zero-order valence-electron chi connectivity index (χ0n) is 14.3. The van der Waals surface area contributed by atoms with E-state index in [2.05, 4.69) is 45.0 Å². The molecule has 1 saturated carbocycles. The lowest BCUT2D eigenvalue weighted by molar-refractivity contribution is 0.122. The number of benzene rings is 1. The van der Waals surface area contributed by atoms with E-state index >= 15 is 0 Å². The summed E-state index contributed by atoms with van der Waals surface area (Å²) in [6.07, 6.45) is 4.75. The zero-order chi connectivity index (χ0) is 16.5. The number of rotatable bonds is 5. The van der Waals surface area contributed by atoms with E-state index in [0.717, 1.165) is 50.2 Å². The van der Waals surface area contributed by atoms with Crippen LogP contribution < -0.4 is 0 Å². The summed E-state index contributed by atoms with van der Waals surface area (Å²) >= 11 is 5.96. The van der Waals surface area contributed by atoms with Gasteiger partial charge in [0.05, 0.1) is 6.20 Å². The van der Waals surface area contributed by atoms with Gasteiger partial charge in [0.25, 0.3) is 0 Å². The van der Waals surface area contributed by atoms with E-state index in [1.54, 1.807) is 0 Å². The van der Waals surface area contributed by atoms with Crippen molar-refractivity contribution >= 4 is 11.6 Å². The fraction of sp³-hybridized carbons (Fsp3) is 0.526. The van der Waals surface area contributed by atoms with E-state index in [0.29, 0.717) is 0 Å². The monoisotopic (exact) mass is 344 g/mol. The lowest BCUT2D eigenvalue weighted by Crippen LogP contribution is -2.45. The van der Waals surface area contributed by atoms with Crippen LogP contribution in [0, 0.1) is 0 Å². The maximum Gasteiger partial charge on any atom is 0.0537 e. The van der Waals surface area contributed by atoms with Gasteiger partial charge in [0.1, 0.15) is 0 Å². The minimum Gasteiger partial charge on any atom is -0.297 e. The average Bonchev–Trinajstić information content (AvgIpc) is 3.35. The van der Waals surface area contributed by atoms with Crippen LogP contribution in [0.5, 0.6) is 0 Å². The molecule has 0 N–H and O–H groups in total. The lowest BCUT2D eigenvalue weighted by atomic mass is 10.1. The number of aromatic nitrogens is 2. The Kier molecular flexibility index (Phi) is 4.61. The number of hydrogen-bond donors (Lipinski definition) is 0. The largest absolute Gasteiger partial charge is 0.297 e. The highest BCUT2D eigenvalue weighted by Crippen LogP contribution is 2.41. The molecule has 0 spiro atoms. The SMILES string of the molecule is Cn1ncc(CN2CCN(Cc3ccc(Cl)cc3)CC2)c1C1CC1. The summed E-state index contributed by atoms with van der Waals surface area (Å²) < 4.78 is 2.09. The van der Waals surface area contributed by atoms with Gasteiger partial charge < -0.3 is 0 Å². The van der Waals surface area contributed by atoms with Gasteiger partial charge in [-0.2, -0.15) is 5.10 Å². The quantitative estimate of drug-likeness (QED) is 0.832. The first kappa shape index (κ1) is 16.1. The first-order chi connectivity index (χ1) is 11.7. The summed E-state index contributed by atoms with van der Waals surface area (Å²) in [5.74, 6) is 0.763. The molecule has 1 saturated heterocycles. The van der Waals surface area contributed by atoms with Crippen molar-refractivity contribution in [2.75, 3.05) is 26.2 Å². The molecule has 2 aromatic rings. The van der Waals surface area contributed by atoms with Gasteiger partial charge in [-0.3, -0.25) is 14.5 Å². The van der Waals surface area contributed by atoms with Crippen LogP contribution in [-0.4, -0.2) is 45.8 Å². The third-order valence-electron chi connectivity index (χ3n) is 5.21. The molecule has 1 aliphatic carbocycles. The van der Waals surface area contributed by atoms with E-state index in [1.165, 1.54) is 29.7 Å². The second-order valence-electron chi connectivity index (χ2n) is 7.13. The Balaban J connectivity index is 1.31. The molecule has 0 atom stereocenters. The van der Waals surface area contributed by atoms with Crippen molar-refractivity contribution in [3.05, 3.63) is 52.3 Å². The van der Waals surface area contributed by atoms with Crippen LogP contribution in [0.2, 0.25) is 5.02 Å². The van der Waals surface area contributed by atoms with Gasteiger partial charge in [0.2, 0.25) is 0 Å². The summed E-state index contributed by atoms with van der Waals surface area (Å²) in [6.45, 7) is 6.59. The van der Waals surface area contributed by atoms with Crippen molar-refractivity contribution in [3.63, 3.8) is 0 Å². The van der Waals surface area contributed by atoms with Crippen LogP contribution in [0.1, 0.15) is 35.6 Å². The Hall–Kier alpha value is -1.36. The first-order valence-corrected chi connectivity index (χ1v) is 9.27. The minimum absolute atomic E-state index is 0.763. The highest BCUT2D eigenvalue weighted by molar-refractivity contribution is 6.30. The number of piperazine rings is 1. The zero-order valence-corrected chi connectivity index (χ0v) is 15.0. The molecule has 128 valence electrons. The van der Waals surface area contributed by atoms with Crippen LogP contribution in [0.3, 0.4) is 0 Å². The van der Waals surface area contributed by atoms with Gasteiger partial charge in [-0.1, -0.05) is 23.7 Å². The van der Waals surface area contributed by atoms with E-state index in [1.807, 2.05) is 12.1 Å². The van der Waals surface area contributed by atoms with E-state index in [4.69, 9.17) is 11.6 Å². The average molecular weight is 345 g/mol. The maximum absolute atomic E-state index is 5.96. The van der Waals surface area contributed by atoms with E-state index in [9.17, 15) is 0 Å². The molecule has 2 heterocycles. The molecule has 0 amide bonds. The Morgan fingerprint density at radius 3 is 2.25 bits per heavy atom. The number of nitrogens with zero attached hydrogens (tertiary/aromatic N) is 4.